The maximum Gasteiger partial charge on any atom is 1.00 e. The monoisotopic (exact) mass is 358 g/mol. The summed E-state index contributed by atoms with van der Waals surface area (Å²) in [5.74, 6) is -5.38. The molecule has 126 valence electrons. The van der Waals surface area contributed by atoms with Crippen LogP contribution in [0.2, 0.25) is 0 Å². The zero-order chi connectivity index (χ0) is 17.6. The van der Waals surface area contributed by atoms with E-state index in [0.717, 1.165) is 19.1 Å². The van der Waals surface area contributed by atoms with Crippen molar-refractivity contribution in [2.75, 3.05) is 6.61 Å². The van der Waals surface area contributed by atoms with Gasteiger partial charge in [0.05, 0.1) is 6.10 Å². The minimum atomic E-state index is -5.26. The molecule has 0 aromatic carbocycles. The number of ether oxygens (including phenoxy) is 1. The third kappa shape index (κ3) is 6.02. The second-order valence-electron chi connectivity index (χ2n) is 4.70. The van der Waals surface area contributed by atoms with E-state index in [-0.39, 0.29) is 29.6 Å². The van der Waals surface area contributed by atoms with Crippen LogP contribution >= 0.6 is 0 Å². The molecular weight excluding hydrogens is 339 g/mol. The van der Waals surface area contributed by atoms with Gasteiger partial charge in [-0.15, -0.1) is 6.58 Å². The van der Waals surface area contributed by atoms with Crippen molar-refractivity contribution in [2.45, 2.75) is 30.6 Å². The molecule has 0 aromatic heterocycles. The van der Waals surface area contributed by atoms with Crippen molar-refractivity contribution in [3.05, 3.63) is 25.3 Å². The number of esters is 1. The van der Waals surface area contributed by atoms with Crippen molar-refractivity contribution in [1.82, 2.24) is 0 Å². The molecule has 0 saturated heterocycles. The van der Waals surface area contributed by atoms with Crippen LogP contribution in [-0.2, 0) is 24.4 Å². The van der Waals surface area contributed by atoms with Crippen LogP contribution in [0, 0.1) is 5.92 Å². The Balaban J connectivity index is 0. The molecule has 0 aromatic rings. The van der Waals surface area contributed by atoms with E-state index in [2.05, 4.69) is 17.9 Å². The number of allylic oxidation sites excluding steroid dienone is 1. The van der Waals surface area contributed by atoms with E-state index < -0.39 is 58.3 Å². The van der Waals surface area contributed by atoms with Gasteiger partial charge in [0.15, 0.2) is 0 Å². The Hall–Kier alpha value is -0.710. The van der Waals surface area contributed by atoms with E-state index in [1.807, 2.05) is 0 Å². The van der Waals surface area contributed by atoms with Gasteiger partial charge in [-0.05, 0) is 13.3 Å². The number of aliphatic carboxylic acids is 1. The number of carbonyl (C=O) groups is 2. The summed E-state index contributed by atoms with van der Waals surface area (Å²) in [6, 6.07) is 0. The number of aliphatic hydroxyl groups excluding tert-OH is 1. The summed E-state index contributed by atoms with van der Waals surface area (Å²) in [6.45, 7) is 7.29. The third-order valence-corrected chi connectivity index (χ3v) is 4.53. The largest absolute Gasteiger partial charge is 1.00 e. The maximum atomic E-state index is 12.2. The minimum Gasteiger partial charge on any atom is -0.550 e. The molecule has 3 unspecified atom stereocenters. The molecule has 0 aliphatic rings. The second kappa shape index (κ2) is 10.2. The van der Waals surface area contributed by atoms with Crippen LogP contribution in [0.15, 0.2) is 25.3 Å². The summed E-state index contributed by atoms with van der Waals surface area (Å²) in [5.41, 5.74) is 0. The van der Waals surface area contributed by atoms with Crippen LogP contribution < -0.4 is 34.7 Å². The molecule has 0 bridgehead atoms. The molecule has 0 aliphatic heterocycles. The first-order valence-electron chi connectivity index (χ1n) is 6.29. The normalized spacial score (nSPS) is 16.1. The van der Waals surface area contributed by atoms with Crippen molar-refractivity contribution in [1.29, 1.82) is 0 Å². The van der Waals surface area contributed by atoms with Crippen molar-refractivity contribution >= 4 is 22.1 Å². The molecule has 23 heavy (non-hydrogen) atoms. The van der Waals surface area contributed by atoms with Crippen LogP contribution in [-0.4, -0.2) is 47.5 Å². The number of carbonyl (C=O) groups excluding carboxylic acids is 2. The van der Waals surface area contributed by atoms with Gasteiger partial charge < -0.3 is 19.7 Å². The molecule has 3 atom stereocenters. The van der Waals surface area contributed by atoms with Crippen LogP contribution in [0.5, 0.6) is 0 Å². The number of hydrogen-bond acceptors (Lipinski definition) is 7. The number of carboxylic acids is 1. The molecule has 8 nitrogen and oxygen atoms in total. The summed E-state index contributed by atoms with van der Waals surface area (Å²) in [5, 5.41) is 20.8. The Labute approximate surface area is 157 Å². The molecule has 0 fully saturated rings. The molecular formula is C13H19NaO8S. The molecule has 0 saturated carbocycles. The molecule has 0 rings (SSSR count). The Morgan fingerprint density at radius 3 is 2.17 bits per heavy atom. The number of aliphatic hydroxyl groups is 1. The smallest absolute Gasteiger partial charge is 0.550 e. The fourth-order valence-corrected chi connectivity index (χ4v) is 3.37. The van der Waals surface area contributed by atoms with E-state index in [9.17, 15) is 32.8 Å². The van der Waals surface area contributed by atoms with Gasteiger partial charge in [0.1, 0.15) is 6.61 Å². The Bertz CT molecular complexity index is 542. The fraction of sp³-hybridized carbons (Fsp3) is 0.538. The average molecular weight is 358 g/mol. The first-order valence-corrected chi connectivity index (χ1v) is 7.73. The summed E-state index contributed by atoms with van der Waals surface area (Å²) in [7, 11) is -5.26. The van der Waals surface area contributed by atoms with E-state index in [4.69, 9.17) is 0 Å². The van der Waals surface area contributed by atoms with Gasteiger partial charge in [0.2, 0.25) is 4.75 Å². The van der Waals surface area contributed by atoms with Crippen LogP contribution in [0.3, 0.4) is 0 Å². The number of rotatable bonds is 10. The zero-order valence-corrected chi connectivity index (χ0v) is 15.9. The first kappa shape index (κ1) is 24.5. The summed E-state index contributed by atoms with van der Waals surface area (Å²) < 4.78 is 34.8. The summed E-state index contributed by atoms with van der Waals surface area (Å²) in [6.07, 6.45) is -0.587. The molecule has 0 aliphatic carbocycles. The molecule has 0 amide bonds. The molecule has 0 heterocycles. The SMILES string of the molecule is C=CCOC(=O)C(CC(C)O)(C(CC=C)C(=O)[O-])S(=O)(=O)O.[Na+]. The van der Waals surface area contributed by atoms with E-state index in [0.29, 0.717) is 0 Å². The van der Waals surface area contributed by atoms with Crippen molar-refractivity contribution in [2.24, 2.45) is 5.92 Å². The summed E-state index contributed by atoms with van der Waals surface area (Å²) in [4.78, 5) is 23.5. The van der Waals surface area contributed by atoms with Gasteiger partial charge in [-0.1, -0.05) is 18.7 Å². The van der Waals surface area contributed by atoms with E-state index in [1.165, 1.54) is 0 Å². The van der Waals surface area contributed by atoms with Gasteiger partial charge in [-0.25, -0.2) is 0 Å². The maximum absolute atomic E-state index is 12.2. The molecule has 2 N–H and O–H groups in total. The van der Waals surface area contributed by atoms with Gasteiger partial charge >= 0.3 is 35.5 Å². The number of carboxylic acid groups (broad SMARTS) is 1. The topological polar surface area (TPSA) is 141 Å². The van der Waals surface area contributed by atoms with Crippen molar-refractivity contribution < 1.29 is 67.1 Å². The second-order valence-corrected chi connectivity index (χ2v) is 6.38. The van der Waals surface area contributed by atoms with Crippen LogP contribution in [0.25, 0.3) is 0 Å². The molecule has 0 spiro atoms. The zero-order valence-electron chi connectivity index (χ0n) is 13.1. The molecule has 0 radical (unpaired) electrons. The Morgan fingerprint density at radius 1 is 1.35 bits per heavy atom. The summed E-state index contributed by atoms with van der Waals surface area (Å²) >= 11 is 0. The standard InChI is InChI=1S/C13H20O8S.Na/c1-4-6-10(11(15)16)13(8-9(3)14,22(18,19)20)12(17)21-7-5-2;/h4-5,9-10,14H,1-2,6-8H2,3H3,(H,15,16)(H,18,19,20);/q;+1/p-1. The predicted molar refractivity (Wildman–Crippen MR) is 75.0 cm³/mol. The van der Waals surface area contributed by atoms with Gasteiger partial charge in [-0.3, -0.25) is 9.35 Å². The predicted octanol–water partition coefficient (Wildman–Crippen LogP) is -3.94. The Kier molecular flexibility index (Phi) is 10.9. The van der Waals surface area contributed by atoms with Crippen molar-refractivity contribution in [3.63, 3.8) is 0 Å². The van der Waals surface area contributed by atoms with Crippen LogP contribution in [0.4, 0.5) is 0 Å². The molecule has 10 heteroatoms. The number of hydrogen-bond donors (Lipinski definition) is 2. The van der Waals surface area contributed by atoms with Gasteiger partial charge in [0.25, 0.3) is 10.1 Å². The quantitative estimate of drug-likeness (QED) is 0.174. The minimum absolute atomic E-state index is 0. The van der Waals surface area contributed by atoms with E-state index in [1.54, 1.807) is 0 Å². The van der Waals surface area contributed by atoms with Crippen molar-refractivity contribution in [3.8, 4) is 0 Å². The Morgan fingerprint density at radius 2 is 1.87 bits per heavy atom. The van der Waals surface area contributed by atoms with Crippen LogP contribution in [0.1, 0.15) is 19.8 Å². The third-order valence-electron chi connectivity index (χ3n) is 2.99. The van der Waals surface area contributed by atoms with E-state index >= 15 is 0 Å². The average Bonchev–Trinajstić information content (AvgIpc) is 2.37. The van der Waals surface area contributed by atoms with Gasteiger partial charge in [0, 0.05) is 18.3 Å². The fourth-order valence-electron chi connectivity index (χ4n) is 2.10. The van der Waals surface area contributed by atoms with Gasteiger partial charge in [-0.2, -0.15) is 8.42 Å². The first-order chi connectivity index (χ1) is 10.0.